The van der Waals surface area contributed by atoms with E-state index in [1.54, 1.807) is 0 Å². The summed E-state index contributed by atoms with van der Waals surface area (Å²) >= 11 is 0. The summed E-state index contributed by atoms with van der Waals surface area (Å²) in [5, 5.41) is 0. The van der Waals surface area contributed by atoms with E-state index in [0.717, 1.165) is 13.1 Å². The molecule has 0 spiro atoms. The van der Waals surface area contributed by atoms with Gasteiger partial charge >= 0.3 is 0 Å². The number of hydrogen-bond acceptors (Lipinski definition) is 3. The van der Waals surface area contributed by atoms with Gasteiger partial charge in [0.1, 0.15) is 0 Å². The average Bonchev–Trinajstić information content (AvgIpc) is 2.28. The molecule has 0 aliphatic heterocycles. The van der Waals surface area contributed by atoms with Gasteiger partial charge in [0.2, 0.25) is 0 Å². The van der Waals surface area contributed by atoms with Gasteiger partial charge in [0.05, 0.1) is 0 Å². The molecule has 0 heterocycles. The number of nitrogens with two attached hydrogens (primary N) is 1. The largest absolute Gasteiger partial charge is 0.375 e. The summed E-state index contributed by atoms with van der Waals surface area (Å²) in [4.78, 5) is 4.50. The first-order valence-corrected chi connectivity index (χ1v) is 6.22. The Morgan fingerprint density at radius 1 is 1.06 bits per heavy atom. The number of benzene rings is 1. The standard InChI is InChI=1S/C14H25N3/c1-12(15)13-6-8-14(9-7-13)17(4)11-5-10-16(2)3/h6-9,12H,5,10-11,15H2,1-4H3. The van der Waals surface area contributed by atoms with Crippen molar-refractivity contribution in [3.8, 4) is 0 Å². The molecule has 0 aliphatic rings. The summed E-state index contributed by atoms with van der Waals surface area (Å²) in [7, 11) is 6.35. The van der Waals surface area contributed by atoms with E-state index >= 15 is 0 Å². The quantitative estimate of drug-likeness (QED) is 0.819. The molecule has 0 radical (unpaired) electrons. The zero-order valence-electron chi connectivity index (χ0n) is 11.5. The van der Waals surface area contributed by atoms with E-state index < -0.39 is 0 Å². The summed E-state index contributed by atoms with van der Waals surface area (Å²) in [6.07, 6.45) is 1.18. The molecule has 3 nitrogen and oxygen atoms in total. The molecule has 1 atom stereocenters. The zero-order valence-corrected chi connectivity index (χ0v) is 11.5. The molecule has 17 heavy (non-hydrogen) atoms. The maximum Gasteiger partial charge on any atom is 0.0363 e. The SMILES string of the molecule is CC(N)c1ccc(N(C)CCCN(C)C)cc1. The maximum atomic E-state index is 5.83. The molecular weight excluding hydrogens is 210 g/mol. The third-order valence-corrected chi connectivity index (χ3v) is 2.96. The molecule has 3 heteroatoms. The fraction of sp³-hybridized carbons (Fsp3) is 0.571. The van der Waals surface area contributed by atoms with Gasteiger partial charge < -0.3 is 15.5 Å². The van der Waals surface area contributed by atoms with Crippen molar-refractivity contribution >= 4 is 5.69 Å². The van der Waals surface area contributed by atoms with Gasteiger partial charge in [-0.3, -0.25) is 0 Å². The topological polar surface area (TPSA) is 32.5 Å². The van der Waals surface area contributed by atoms with Crippen LogP contribution in [0.2, 0.25) is 0 Å². The molecule has 96 valence electrons. The van der Waals surface area contributed by atoms with Crippen LogP contribution in [0.4, 0.5) is 5.69 Å². The predicted molar refractivity (Wildman–Crippen MR) is 75.5 cm³/mol. The van der Waals surface area contributed by atoms with Gasteiger partial charge in [-0.15, -0.1) is 0 Å². The molecule has 1 rings (SSSR count). The minimum atomic E-state index is 0.114. The lowest BCUT2D eigenvalue weighted by molar-refractivity contribution is 0.401. The fourth-order valence-corrected chi connectivity index (χ4v) is 1.79. The fourth-order valence-electron chi connectivity index (χ4n) is 1.79. The van der Waals surface area contributed by atoms with Crippen LogP contribution in [0, 0.1) is 0 Å². The summed E-state index contributed by atoms with van der Waals surface area (Å²) in [6, 6.07) is 8.64. The molecule has 0 saturated heterocycles. The summed E-state index contributed by atoms with van der Waals surface area (Å²) in [5.74, 6) is 0. The van der Waals surface area contributed by atoms with Crippen molar-refractivity contribution in [2.45, 2.75) is 19.4 Å². The van der Waals surface area contributed by atoms with Crippen LogP contribution in [0.5, 0.6) is 0 Å². The first-order valence-electron chi connectivity index (χ1n) is 6.22. The highest BCUT2D eigenvalue weighted by molar-refractivity contribution is 5.47. The molecule has 1 aromatic carbocycles. The highest BCUT2D eigenvalue weighted by atomic mass is 15.1. The van der Waals surface area contributed by atoms with E-state index in [-0.39, 0.29) is 6.04 Å². The Balaban J connectivity index is 2.48. The molecule has 0 aromatic heterocycles. The second kappa shape index (κ2) is 6.62. The Labute approximate surface area is 105 Å². The molecule has 1 aromatic rings. The van der Waals surface area contributed by atoms with Crippen molar-refractivity contribution < 1.29 is 0 Å². The van der Waals surface area contributed by atoms with Crippen LogP contribution in [0.15, 0.2) is 24.3 Å². The minimum Gasteiger partial charge on any atom is -0.375 e. The minimum absolute atomic E-state index is 0.114. The van der Waals surface area contributed by atoms with Crippen molar-refractivity contribution in [3.05, 3.63) is 29.8 Å². The van der Waals surface area contributed by atoms with E-state index in [4.69, 9.17) is 5.73 Å². The number of nitrogens with zero attached hydrogens (tertiary/aromatic N) is 2. The lowest BCUT2D eigenvalue weighted by Crippen LogP contribution is -2.23. The average molecular weight is 235 g/mol. The first-order chi connectivity index (χ1) is 8.00. The zero-order chi connectivity index (χ0) is 12.8. The van der Waals surface area contributed by atoms with E-state index in [1.165, 1.54) is 17.7 Å². The van der Waals surface area contributed by atoms with E-state index in [2.05, 4.69) is 55.2 Å². The molecule has 1 unspecified atom stereocenters. The Morgan fingerprint density at radius 3 is 2.12 bits per heavy atom. The van der Waals surface area contributed by atoms with Crippen molar-refractivity contribution in [2.75, 3.05) is 39.1 Å². The summed E-state index contributed by atoms with van der Waals surface area (Å²) in [6.45, 7) is 4.22. The number of anilines is 1. The van der Waals surface area contributed by atoms with Gasteiger partial charge in [0.25, 0.3) is 0 Å². The number of rotatable bonds is 6. The van der Waals surface area contributed by atoms with Crippen molar-refractivity contribution in [1.29, 1.82) is 0 Å². The van der Waals surface area contributed by atoms with Crippen molar-refractivity contribution in [3.63, 3.8) is 0 Å². The van der Waals surface area contributed by atoms with Gasteiger partial charge in [-0.25, -0.2) is 0 Å². The molecule has 0 bridgehead atoms. The van der Waals surface area contributed by atoms with Gasteiger partial charge in [-0.1, -0.05) is 12.1 Å². The van der Waals surface area contributed by atoms with Gasteiger partial charge in [0.15, 0.2) is 0 Å². The normalized spacial score (nSPS) is 12.8. The lowest BCUT2D eigenvalue weighted by Gasteiger charge is -2.21. The van der Waals surface area contributed by atoms with Crippen LogP contribution in [-0.4, -0.2) is 39.1 Å². The van der Waals surface area contributed by atoms with Crippen molar-refractivity contribution in [1.82, 2.24) is 4.90 Å². The summed E-state index contributed by atoms with van der Waals surface area (Å²) < 4.78 is 0. The lowest BCUT2D eigenvalue weighted by atomic mass is 10.1. The highest BCUT2D eigenvalue weighted by Crippen LogP contribution is 2.17. The van der Waals surface area contributed by atoms with Crippen LogP contribution in [0.1, 0.15) is 24.9 Å². The maximum absolute atomic E-state index is 5.83. The Kier molecular flexibility index (Phi) is 5.45. The Morgan fingerprint density at radius 2 is 1.65 bits per heavy atom. The molecule has 0 fully saturated rings. The van der Waals surface area contributed by atoms with Crippen LogP contribution >= 0.6 is 0 Å². The van der Waals surface area contributed by atoms with Gasteiger partial charge in [-0.2, -0.15) is 0 Å². The van der Waals surface area contributed by atoms with Crippen LogP contribution in [0.25, 0.3) is 0 Å². The Hall–Kier alpha value is -1.06. The van der Waals surface area contributed by atoms with Gasteiger partial charge in [0, 0.05) is 25.3 Å². The second-order valence-electron chi connectivity index (χ2n) is 4.96. The third-order valence-electron chi connectivity index (χ3n) is 2.96. The van der Waals surface area contributed by atoms with E-state index in [0.29, 0.717) is 0 Å². The third kappa shape index (κ3) is 4.75. The second-order valence-corrected chi connectivity index (χ2v) is 4.96. The molecule has 0 saturated carbocycles. The highest BCUT2D eigenvalue weighted by Gasteiger charge is 2.03. The summed E-state index contributed by atoms with van der Waals surface area (Å²) in [5.41, 5.74) is 8.28. The molecular formula is C14H25N3. The van der Waals surface area contributed by atoms with Crippen LogP contribution in [-0.2, 0) is 0 Å². The van der Waals surface area contributed by atoms with Gasteiger partial charge in [-0.05, 0) is 51.7 Å². The molecule has 0 amide bonds. The first kappa shape index (κ1) is 14.0. The predicted octanol–water partition coefficient (Wildman–Crippen LogP) is 2.09. The van der Waals surface area contributed by atoms with E-state index in [1.807, 2.05) is 6.92 Å². The smallest absolute Gasteiger partial charge is 0.0363 e. The Bertz CT molecular complexity index is 317. The van der Waals surface area contributed by atoms with Crippen LogP contribution in [0.3, 0.4) is 0 Å². The number of hydrogen-bond donors (Lipinski definition) is 1. The molecule has 0 aliphatic carbocycles. The monoisotopic (exact) mass is 235 g/mol. The van der Waals surface area contributed by atoms with Crippen LogP contribution < -0.4 is 10.6 Å². The van der Waals surface area contributed by atoms with E-state index in [9.17, 15) is 0 Å². The van der Waals surface area contributed by atoms with Crippen molar-refractivity contribution in [2.24, 2.45) is 5.73 Å². The molecule has 2 N–H and O–H groups in total.